The van der Waals surface area contributed by atoms with E-state index in [1.807, 2.05) is 6.92 Å². The summed E-state index contributed by atoms with van der Waals surface area (Å²) in [4.78, 5) is 22.0. The first-order valence-corrected chi connectivity index (χ1v) is 4.80. The van der Waals surface area contributed by atoms with Crippen LogP contribution in [0.3, 0.4) is 0 Å². The number of aromatic nitrogens is 2. The van der Waals surface area contributed by atoms with Gasteiger partial charge in [0.15, 0.2) is 0 Å². The summed E-state index contributed by atoms with van der Waals surface area (Å²) < 4.78 is 3.01. The first kappa shape index (κ1) is 11.5. The van der Waals surface area contributed by atoms with E-state index >= 15 is 0 Å². The van der Waals surface area contributed by atoms with Crippen LogP contribution in [0.2, 0.25) is 0 Å². The summed E-state index contributed by atoms with van der Waals surface area (Å²) in [7, 11) is 0. The van der Waals surface area contributed by atoms with Crippen LogP contribution < -0.4 is 11.4 Å². The molecule has 6 heteroatoms. The Balaban J connectivity index is 2.62. The fourth-order valence-corrected chi connectivity index (χ4v) is 1.27. The Morgan fingerprint density at radius 2 is 2.13 bits per heavy atom. The maximum Gasteiger partial charge on any atom is 0.328 e. The zero-order chi connectivity index (χ0) is 11.4. The molecule has 1 unspecified atom stereocenters. The zero-order valence-electron chi connectivity index (χ0n) is 8.59. The van der Waals surface area contributed by atoms with Gasteiger partial charge in [-0.2, -0.15) is 0 Å². The molecule has 0 saturated carbocycles. The molecule has 3 N–H and O–H groups in total. The van der Waals surface area contributed by atoms with Crippen LogP contribution in [0.15, 0.2) is 17.2 Å². The molecule has 0 radical (unpaired) electrons. The number of aliphatic carboxylic acids is 1. The molecule has 0 aliphatic carbocycles. The predicted molar refractivity (Wildman–Crippen MR) is 54.6 cm³/mol. The van der Waals surface area contributed by atoms with E-state index in [9.17, 15) is 9.59 Å². The van der Waals surface area contributed by atoms with Crippen LogP contribution in [0.4, 0.5) is 0 Å². The monoisotopic (exact) mass is 213 g/mol. The maximum atomic E-state index is 11.5. The number of nitrogens with two attached hydrogens (primary N) is 1. The minimum Gasteiger partial charge on any atom is -0.480 e. The van der Waals surface area contributed by atoms with Crippen LogP contribution in [0.25, 0.3) is 0 Å². The lowest BCUT2D eigenvalue weighted by atomic mass is 10.2. The molecule has 1 atom stereocenters. The van der Waals surface area contributed by atoms with Gasteiger partial charge < -0.3 is 10.8 Å². The molecule has 0 aliphatic rings. The van der Waals surface area contributed by atoms with Crippen molar-refractivity contribution in [3.63, 3.8) is 0 Å². The third-order valence-electron chi connectivity index (χ3n) is 2.26. The van der Waals surface area contributed by atoms with Gasteiger partial charge in [-0.05, 0) is 13.3 Å². The number of carboxylic acid groups (broad SMARTS) is 1. The topological polar surface area (TPSA) is 90.2 Å². The van der Waals surface area contributed by atoms with Crippen LogP contribution >= 0.6 is 0 Å². The highest BCUT2D eigenvalue weighted by Gasteiger charge is 2.11. The number of aryl methyl sites for hydroxylation is 2. The van der Waals surface area contributed by atoms with Gasteiger partial charge >= 0.3 is 11.7 Å². The normalized spacial score (nSPS) is 12.7. The highest BCUT2D eigenvalue weighted by atomic mass is 16.4. The van der Waals surface area contributed by atoms with E-state index in [-0.39, 0.29) is 12.1 Å². The molecule has 0 amide bonds. The van der Waals surface area contributed by atoms with Gasteiger partial charge in [0.05, 0.1) is 0 Å². The number of rotatable bonds is 5. The Labute approximate surface area is 86.9 Å². The summed E-state index contributed by atoms with van der Waals surface area (Å²) in [6.45, 7) is 2.81. The quantitative estimate of drug-likeness (QED) is 0.688. The predicted octanol–water partition coefficient (Wildman–Crippen LogP) is -0.528. The molecule has 6 nitrogen and oxygen atoms in total. The third-order valence-corrected chi connectivity index (χ3v) is 2.26. The number of hydrogen-bond donors (Lipinski definition) is 2. The van der Waals surface area contributed by atoms with E-state index in [2.05, 4.69) is 0 Å². The van der Waals surface area contributed by atoms with E-state index in [0.717, 1.165) is 0 Å². The molecule has 84 valence electrons. The van der Waals surface area contributed by atoms with E-state index in [0.29, 0.717) is 13.1 Å². The van der Waals surface area contributed by atoms with Gasteiger partial charge in [0.2, 0.25) is 0 Å². The molecule has 0 bridgehead atoms. The molecule has 0 fully saturated rings. The number of hydrogen-bond acceptors (Lipinski definition) is 3. The molecule has 1 aromatic rings. The fourth-order valence-electron chi connectivity index (χ4n) is 1.27. The van der Waals surface area contributed by atoms with Crippen molar-refractivity contribution in [3.8, 4) is 0 Å². The van der Waals surface area contributed by atoms with Gasteiger partial charge in [-0.1, -0.05) is 0 Å². The summed E-state index contributed by atoms with van der Waals surface area (Å²) in [6.07, 6.45) is 3.57. The molecular weight excluding hydrogens is 198 g/mol. The highest BCUT2D eigenvalue weighted by Crippen LogP contribution is 1.93. The highest BCUT2D eigenvalue weighted by molar-refractivity contribution is 5.72. The average molecular weight is 213 g/mol. The average Bonchev–Trinajstić information content (AvgIpc) is 2.55. The van der Waals surface area contributed by atoms with Crippen molar-refractivity contribution in [1.82, 2.24) is 9.13 Å². The minimum atomic E-state index is -1.04. The molecule has 0 aliphatic heterocycles. The first-order chi connectivity index (χ1) is 7.06. The van der Waals surface area contributed by atoms with Crippen molar-refractivity contribution in [3.05, 3.63) is 22.9 Å². The van der Waals surface area contributed by atoms with Crippen LogP contribution in [0.5, 0.6) is 0 Å². The van der Waals surface area contributed by atoms with Crippen LogP contribution in [0, 0.1) is 0 Å². The minimum absolute atomic E-state index is 0.130. The molecule has 0 spiro atoms. The van der Waals surface area contributed by atoms with E-state index < -0.39 is 12.0 Å². The number of carboxylic acids is 1. The maximum absolute atomic E-state index is 11.5. The van der Waals surface area contributed by atoms with Crippen LogP contribution in [-0.2, 0) is 17.9 Å². The van der Waals surface area contributed by atoms with Crippen molar-refractivity contribution < 1.29 is 9.90 Å². The molecule has 0 saturated heterocycles. The Bertz CT molecular complexity index is 394. The van der Waals surface area contributed by atoms with Gasteiger partial charge in [0.1, 0.15) is 6.04 Å². The lowest BCUT2D eigenvalue weighted by Gasteiger charge is -2.05. The summed E-state index contributed by atoms with van der Waals surface area (Å²) in [5.74, 6) is -1.04. The van der Waals surface area contributed by atoms with Crippen LogP contribution in [-0.4, -0.2) is 26.3 Å². The largest absolute Gasteiger partial charge is 0.480 e. The first-order valence-electron chi connectivity index (χ1n) is 4.80. The van der Waals surface area contributed by atoms with E-state index in [1.54, 1.807) is 17.0 Å². The molecule has 0 aromatic carbocycles. The molecule has 1 heterocycles. The lowest BCUT2D eigenvalue weighted by Crippen LogP contribution is -2.33. The summed E-state index contributed by atoms with van der Waals surface area (Å²) in [5.41, 5.74) is 5.20. The molecule has 15 heavy (non-hydrogen) atoms. The van der Waals surface area contributed by atoms with Gasteiger partial charge in [-0.25, -0.2) is 4.79 Å². The zero-order valence-corrected chi connectivity index (χ0v) is 8.59. The van der Waals surface area contributed by atoms with E-state index in [4.69, 9.17) is 10.8 Å². The summed E-state index contributed by atoms with van der Waals surface area (Å²) in [5, 5.41) is 8.56. The van der Waals surface area contributed by atoms with E-state index in [1.165, 1.54) is 4.57 Å². The number of nitrogens with zero attached hydrogens (tertiary/aromatic N) is 2. The second-order valence-corrected chi connectivity index (χ2v) is 3.29. The van der Waals surface area contributed by atoms with Gasteiger partial charge in [0, 0.05) is 25.5 Å². The number of imidazole rings is 1. The van der Waals surface area contributed by atoms with Crippen molar-refractivity contribution in [2.45, 2.75) is 32.5 Å². The summed E-state index contributed by atoms with van der Waals surface area (Å²) in [6, 6.07) is -0.915. The van der Waals surface area contributed by atoms with Crippen molar-refractivity contribution in [2.24, 2.45) is 5.73 Å². The second kappa shape index (κ2) is 4.79. The Kier molecular flexibility index (Phi) is 3.68. The van der Waals surface area contributed by atoms with Crippen molar-refractivity contribution >= 4 is 5.97 Å². The lowest BCUT2D eigenvalue weighted by molar-refractivity contribution is -0.138. The summed E-state index contributed by atoms with van der Waals surface area (Å²) >= 11 is 0. The third kappa shape index (κ3) is 2.69. The Hall–Kier alpha value is -1.56. The Morgan fingerprint density at radius 3 is 2.60 bits per heavy atom. The van der Waals surface area contributed by atoms with Gasteiger partial charge in [-0.3, -0.25) is 13.9 Å². The molecule has 1 rings (SSSR count). The number of carbonyl (C=O) groups is 1. The SMILES string of the molecule is CCn1ccn(CCC(N)C(=O)O)c1=O. The standard InChI is InChI=1S/C9H15N3O3/c1-2-11-5-6-12(9(11)15)4-3-7(10)8(13)14/h5-7H,2-4,10H2,1H3,(H,13,14). The fraction of sp³-hybridized carbons (Fsp3) is 0.556. The Morgan fingerprint density at radius 1 is 1.53 bits per heavy atom. The smallest absolute Gasteiger partial charge is 0.328 e. The van der Waals surface area contributed by atoms with Crippen molar-refractivity contribution in [2.75, 3.05) is 0 Å². The van der Waals surface area contributed by atoms with Crippen molar-refractivity contribution in [1.29, 1.82) is 0 Å². The van der Waals surface area contributed by atoms with Crippen LogP contribution in [0.1, 0.15) is 13.3 Å². The molecule has 1 aromatic heterocycles. The molecular formula is C9H15N3O3. The second-order valence-electron chi connectivity index (χ2n) is 3.29. The van der Waals surface area contributed by atoms with Gasteiger partial charge in [0.25, 0.3) is 0 Å². The van der Waals surface area contributed by atoms with Gasteiger partial charge in [-0.15, -0.1) is 0 Å².